The lowest BCUT2D eigenvalue weighted by Crippen LogP contribution is -2.51. The van der Waals surface area contributed by atoms with E-state index in [1.54, 1.807) is 23.1 Å². The van der Waals surface area contributed by atoms with Gasteiger partial charge in [-0.2, -0.15) is 0 Å². The summed E-state index contributed by atoms with van der Waals surface area (Å²) in [5.41, 5.74) is 3.35. The van der Waals surface area contributed by atoms with E-state index in [0.29, 0.717) is 36.8 Å². The number of rotatable bonds is 13. The number of anilines is 1. The Bertz CT molecular complexity index is 1510. The van der Waals surface area contributed by atoms with Crippen molar-refractivity contribution in [2.24, 2.45) is 0 Å². The predicted molar refractivity (Wildman–Crippen MR) is 168 cm³/mol. The van der Waals surface area contributed by atoms with Crippen molar-refractivity contribution < 1.29 is 27.5 Å². The lowest BCUT2D eigenvalue weighted by molar-refractivity contribution is -0.141. The third kappa shape index (κ3) is 8.97. The molecule has 1 heterocycles. The van der Waals surface area contributed by atoms with Crippen LogP contribution in [0.25, 0.3) is 0 Å². The minimum absolute atomic E-state index is 0.0582. The van der Waals surface area contributed by atoms with E-state index in [1.165, 1.54) is 4.31 Å². The van der Waals surface area contributed by atoms with Crippen LogP contribution in [0.1, 0.15) is 43.4 Å². The molecule has 1 aliphatic heterocycles. The molecule has 1 aliphatic rings. The second-order valence-corrected chi connectivity index (χ2v) is 13.1. The number of nitrogens with zero attached hydrogens (tertiary/aromatic N) is 2. The number of aryl methyl sites for hydroxylation is 1. The second-order valence-electron chi connectivity index (χ2n) is 11.1. The van der Waals surface area contributed by atoms with Gasteiger partial charge in [-0.3, -0.25) is 13.9 Å². The van der Waals surface area contributed by atoms with Gasteiger partial charge in [-0.25, -0.2) is 8.42 Å². The average molecular weight is 608 g/mol. The second kappa shape index (κ2) is 14.4. The zero-order valence-electron chi connectivity index (χ0n) is 25.3. The molecule has 0 saturated heterocycles. The van der Waals surface area contributed by atoms with Gasteiger partial charge in [0.2, 0.25) is 21.8 Å². The molecular formula is C33H41N3O6S. The summed E-state index contributed by atoms with van der Waals surface area (Å²) < 4.78 is 38.1. The Morgan fingerprint density at radius 2 is 1.60 bits per heavy atom. The molecule has 43 heavy (non-hydrogen) atoms. The number of carbonyl (C=O) groups excluding carboxylic acids is 2. The van der Waals surface area contributed by atoms with Crippen molar-refractivity contribution in [1.82, 2.24) is 10.2 Å². The van der Waals surface area contributed by atoms with E-state index < -0.39 is 16.1 Å². The van der Waals surface area contributed by atoms with Crippen molar-refractivity contribution in [3.63, 3.8) is 0 Å². The molecule has 1 N–H and O–H groups in total. The maximum Gasteiger partial charge on any atom is 0.243 e. The molecule has 0 aromatic heterocycles. The van der Waals surface area contributed by atoms with Gasteiger partial charge in [-0.1, -0.05) is 60.2 Å². The SMILES string of the molecule is Cc1cccc(CN(C(=O)CCCN(c2ccc3c(c2)OCCO3)S(C)(=O)=O)[C@@H](Cc2ccccc2)C(=O)NC(C)C)c1. The predicted octanol–water partition coefficient (Wildman–Crippen LogP) is 4.48. The van der Waals surface area contributed by atoms with Gasteiger partial charge in [0.25, 0.3) is 0 Å². The maximum absolute atomic E-state index is 14.0. The molecule has 2 amide bonds. The summed E-state index contributed by atoms with van der Waals surface area (Å²) in [7, 11) is -3.65. The molecule has 0 saturated carbocycles. The van der Waals surface area contributed by atoms with E-state index in [2.05, 4.69) is 5.32 Å². The van der Waals surface area contributed by atoms with Gasteiger partial charge >= 0.3 is 0 Å². The smallest absolute Gasteiger partial charge is 0.243 e. The van der Waals surface area contributed by atoms with Gasteiger partial charge in [0.15, 0.2) is 11.5 Å². The fourth-order valence-corrected chi connectivity index (χ4v) is 6.09. The Hall–Kier alpha value is -4.05. The number of fused-ring (bicyclic) bond motifs is 1. The highest BCUT2D eigenvalue weighted by molar-refractivity contribution is 7.92. The lowest BCUT2D eigenvalue weighted by atomic mass is 10.0. The number of hydrogen-bond acceptors (Lipinski definition) is 6. The Balaban J connectivity index is 1.57. The molecule has 3 aromatic carbocycles. The van der Waals surface area contributed by atoms with Crippen molar-refractivity contribution in [3.8, 4) is 11.5 Å². The number of hydrogen-bond donors (Lipinski definition) is 1. The highest BCUT2D eigenvalue weighted by atomic mass is 32.2. The van der Waals surface area contributed by atoms with Gasteiger partial charge in [0.05, 0.1) is 11.9 Å². The monoisotopic (exact) mass is 607 g/mol. The Morgan fingerprint density at radius 1 is 0.907 bits per heavy atom. The number of sulfonamides is 1. The lowest BCUT2D eigenvalue weighted by Gasteiger charge is -2.32. The van der Waals surface area contributed by atoms with Crippen LogP contribution in [0.15, 0.2) is 72.8 Å². The number of carbonyl (C=O) groups is 2. The van der Waals surface area contributed by atoms with Gasteiger partial charge in [-0.15, -0.1) is 0 Å². The van der Waals surface area contributed by atoms with E-state index in [-0.39, 0.29) is 43.8 Å². The zero-order valence-corrected chi connectivity index (χ0v) is 26.1. The summed E-state index contributed by atoms with van der Waals surface area (Å²) in [6.07, 6.45) is 1.81. The third-order valence-corrected chi connectivity index (χ3v) is 8.30. The molecule has 0 bridgehead atoms. The van der Waals surface area contributed by atoms with Crippen molar-refractivity contribution in [2.45, 2.75) is 58.7 Å². The highest BCUT2D eigenvalue weighted by Crippen LogP contribution is 2.34. The van der Waals surface area contributed by atoms with Crippen LogP contribution in [-0.2, 0) is 32.6 Å². The quantitative estimate of drug-likeness (QED) is 0.307. The van der Waals surface area contributed by atoms with Crippen molar-refractivity contribution in [3.05, 3.63) is 89.5 Å². The van der Waals surface area contributed by atoms with E-state index in [1.807, 2.05) is 75.4 Å². The van der Waals surface area contributed by atoms with Gasteiger partial charge in [-0.05, 0) is 50.5 Å². The fourth-order valence-electron chi connectivity index (χ4n) is 5.13. The van der Waals surface area contributed by atoms with E-state index in [9.17, 15) is 18.0 Å². The molecule has 0 radical (unpaired) electrons. The number of nitrogens with one attached hydrogen (secondary N) is 1. The van der Waals surface area contributed by atoms with Crippen LogP contribution in [0, 0.1) is 6.92 Å². The molecule has 0 fully saturated rings. The van der Waals surface area contributed by atoms with Crippen LogP contribution >= 0.6 is 0 Å². The van der Waals surface area contributed by atoms with Crippen LogP contribution in [0.2, 0.25) is 0 Å². The van der Waals surface area contributed by atoms with Crippen molar-refractivity contribution >= 4 is 27.5 Å². The van der Waals surface area contributed by atoms with Crippen molar-refractivity contribution in [2.75, 3.05) is 30.3 Å². The van der Waals surface area contributed by atoms with Crippen LogP contribution in [0.4, 0.5) is 5.69 Å². The Labute approximate surface area is 254 Å². The number of benzene rings is 3. The van der Waals surface area contributed by atoms with Crippen molar-refractivity contribution in [1.29, 1.82) is 0 Å². The Morgan fingerprint density at radius 3 is 2.28 bits per heavy atom. The molecule has 1 atom stereocenters. The number of amides is 2. The molecule has 3 aromatic rings. The minimum Gasteiger partial charge on any atom is -0.486 e. The average Bonchev–Trinajstić information content (AvgIpc) is 2.96. The first kappa shape index (κ1) is 31.9. The maximum atomic E-state index is 14.0. The van der Waals surface area contributed by atoms with Gasteiger partial charge in [0, 0.05) is 38.0 Å². The topological polar surface area (TPSA) is 105 Å². The summed E-state index contributed by atoms with van der Waals surface area (Å²) in [5, 5.41) is 2.99. The van der Waals surface area contributed by atoms with E-state index >= 15 is 0 Å². The van der Waals surface area contributed by atoms with Gasteiger partial charge in [0.1, 0.15) is 19.3 Å². The summed E-state index contributed by atoms with van der Waals surface area (Å²) in [4.78, 5) is 29.2. The zero-order chi connectivity index (χ0) is 31.0. The molecule has 0 spiro atoms. The summed E-state index contributed by atoms with van der Waals surface area (Å²) >= 11 is 0. The summed E-state index contributed by atoms with van der Waals surface area (Å²) in [6, 6.07) is 21.7. The summed E-state index contributed by atoms with van der Waals surface area (Å²) in [6.45, 7) is 6.92. The number of ether oxygens (including phenoxy) is 2. The molecule has 0 unspecified atom stereocenters. The first-order valence-corrected chi connectivity index (χ1v) is 16.4. The minimum atomic E-state index is -3.65. The van der Waals surface area contributed by atoms with Crippen LogP contribution < -0.4 is 19.1 Å². The largest absolute Gasteiger partial charge is 0.486 e. The van der Waals surface area contributed by atoms with Crippen LogP contribution in [0.5, 0.6) is 11.5 Å². The molecule has 9 nitrogen and oxygen atoms in total. The van der Waals surface area contributed by atoms with Crippen LogP contribution in [-0.4, -0.2) is 63.2 Å². The standard InChI is InChI=1S/C33H41N3O6S/c1-24(2)34-33(38)29(21-26-11-6-5-7-12-26)35(23-27-13-8-10-25(3)20-27)32(37)14-9-17-36(43(4,39)40)28-15-16-30-31(22-28)42-19-18-41-30/h5-8,10-13,15-16,20,22,24,29H,9,14,17-19,21,23H2,1-4H3,(H,34,38)/t29-/m0/s1. The molecule has 4 rings (SSSR count). The van der Waals surface area contributed by atoms with E-state index in [0.717, 1.165) is 22.9 Å². The molecule has 10 heteroatoms. The fraction of sp³-hybridized carbons (Fsp3) is 0.394. The van der Waals surface area contributed by atoms with Gasteiger partial charge < -0.3 is 19.7 Å². The van der Waals surface area contributed by atoms with E-state index in [4.69, 9.17) is 9.47 Å². The Kier molecular flexibility index (Phi) is 10.7. The highest BCUT2D eigenvalue weighted by Gasteiger charge is 2.31. The summed E-state index contributed by atoms with van der Waals surface area (Å²) in [5.74, 6) is 0.596. The van der Waals surface area contributed by atoms with Crippen LogP contribution in [0.3, 0.4) is 0 Å². The molecule has 230 valence electrons. The third-order valence-electron chi connectivity index (χ3n) is 7.10. The molecule has 0 aliphatic carbocycles. The first-order chi connectivity index (χ1) is 20.5. The molecular weight excluding hydrogens is 566 g/mol. The normalized spacial score (nSPS) is 13.3. The first-order valence-electron chi connectivity index (χ1n) is 14.6.